The topological polar surface area (TPSA) is 601 Å². The fraction of sp³-hybridized carbons (Fsp3) is 0.694. The molecule has 6 saturated heterocycles. The van der Waals surface area contributed by atoms with Gasteiger partial charge in [-0.25, -0.2) is 4.90 Å². The fourth-order valence-corrected chi connectivity index (χ4v) is 13.4. The second-order valence-corrected chi connectivity index (χ2v) is 26.1. The van der Waals surface area contributed by atoms with Crippen LogP contribution in [0.5, 0.6) is 5.75 Å². The summed E-state index contributed by atoms with van der Waals surface area (Å²) >= 11 is 0. The Balaban J connectivity index is 1.04. The number of carbonyl (C=O) groups is 7. The van der Waals surface area contributed by atoms with Gasteiger partial charge < -0.3 is 138 Å². The maximum Gasteiger partial charge on any atom is 0.305 e. The molecule has 2 unspecified atom stereocenters. The van der Waals surface area contributed by atoms with Crippen molar-refractivity contribution in [2.24, 2.45) is 17.4 Å². The van der Waals surface area contributed by atoms with Crippen LogP contribution in [0.25, 0.3) is 0 Å². The summed E-state index contributed by atoms with van der Waals surface area (Å²) in [5, 5.41) is 165. The van der Waals surface area contributed by atoms with E-state index in [9.17, 15) is 80.8 Å². The average molecular weight is 1420 g/mol. The Hall–Kier alpha value is -6.39. The first-order valence-corrected chi connectivity index (χ1v) is 33.2. The predicted molar refractivity (Wildman–Crippen MR) is 337 cm³/mol. The minimum absolute atomic E-state index is 0.0696. The number of nitrogens with zero attached hydrogens (tertiary/aromatic N) is 1. The van der Waals surface area contributed by atoms with Crippen molar-refractivity contribution in [3.05, 3.63) is 65.7 Å². The van der Waals surface area contributed by atoms with Gasteiger partial charge in [0.05, 0.1) is 44.6 Å². The van der Waals surface area contributed by atoms with Crippen molar-refractivity contribution in [2.75, 3.05) is 46.1 Å². The molecule has 1 saturated carbocycles. The molecule has 0 spiro atoms. The van der Waals surface area contributed by atoms with Crippen molar-refractivity contribution in [3.8, 4) is 5.75 Å². The zero-order chi connectivity index (χ0) is 72.4. The number of nitrogens with one attached hydrogen (secondary N) is 9. The molecule has 2 aromatic rings. The highest BCUT2D eigenvalue weighted by Crippen LogP contribution is 2.33. The van der Waals surface area contributed by atoms with E-state index in [1.54, 1.807) is 37.3 Å². The molecule has 0 aromatic heterocycles. The second-order valence-electron chi connectivity index (χ2n) is 26.1. The first-order chi connectivity index (χ1) is 47.7. The van der Waals surface area contributed by atoms with E-state index in [2.05, 4.69) is 47.9 Å². The largest absolute Gasteiger partial charge is 0.463 e. The summed E-state index contributed by atoms with van der Waals surface area (Å²) in [6, 6.07) is 1.14. The number of esters is 1. The van der Waals surface area contributed by atoms with Crippen LogP contribution in [0, 0.1) is 5.92 Å². The Morgan fingerprint density at radius 2 is 1.21 bits per heavy atom. The van der Waals surface area contributed by atoms with Crippen LogP contribution in [0.3, 0.4) is 0 Å². The molecule has 6 aliphatic heterocycles. The van der Waals surface area contributed by atoms with Crippen LogP contribution in [0.2, 0.25) is 0 Å². The maximum absolute atomic E-state index is 15.4. The van der Waals surface area contributed by atoms with Crippen LogP contribution in [-0.4, -0.2) is 318 Å². The van der Waals surface area contributed by atoms with Crippen molar-refractivity contribution in [3.63, 3.8) is 0 Å². The van der Waals surface area contributed by atoms with Crippen molar-refractivity contribution in [2.45, 2.75) is 217 Å². The van der Waals surface area contributed by atoms with Gasteiger partial charge in [0.15, 0.2) is 6.29 Å². The van der Waals surface area contributed by atoms with Crippen LogP contribution < -0.4 is 64.1 Å². The van der Waals surface area contributed by atoms with Crippen molar-refractivity contribution in [1.29, 1.82) is 0 Å². The number of aliphatic hydroxyl groups excluding tert-OH is 13. The molecule has 2 aromatic carbocycles. The van der Waals surface area contributed by atoms with Gasteiger partial charge in [0.25, 0.3) is 0 Å². The number of benzene rings is 2. The Kier molecular flexibility index (Phi) is 27.4. The van der Waals surface area contributed by atoms with Crippen molar-refractivity contribution < 1.29 is 128 Å². The summed E-state index contributed by atoms with van der Waals surface area (Å²) in [5.41, 5.74) is 13.3. The molecule has 6 amide bonds. The van der Waals surface area contributed by atoms with Gasteiger partial charge in [0.2, 0.25) is 41.7 Å². The summed E-state index contributed by atoms with van der Waals surface area (Å²) in [6.45, 7) is -3.36. The fourth-order valence-electron chi connectivity index (χ4n) is 13.4. The van der Waals surface area contributed by atoms with Crippen molar-refractivity contribution >= 4 is 41.4 Å². The van der Waals surface area contributed by atoms with Gasteiger partial charge >= 0.3 is 5.97 Å². The number of aliphatic hydroxyl groups is 13. The molecule has 0 bridgehead atoms. The summed E-state index contributed by atoms with van der Waals surface area (Å²) in [5.74, 6) is -8.69. The van der Waals surface area contributed by atoms with Gasteiger partial charge in [-0.3, -0.25) is 49.5 Å². The van der Waals surface area contributed by atoms with E-state index in [0.29, 0.717) is 12.0 Å². The standard InChI is InChI=1S/C62H94N12O26/c1-25(28-9-3-2-4-10-28)39-55(92)68-30(17-27-11-14-29(15-12-27)96-59-51(89)48(86)52(36(23-77)99-59)100-60-50(88)47(85)45(83)35(22-76)98-60)54(91)72-40(42(80)31-18-66-61(63)70-31)57(94)73-41(43(81)33-19-67-62(64)74(33)58-49(87)46(84)44(82)34(21-75)97-58)56(93)69-32(53(90)65-20-37(78)71-39)24-95-38(79)16-13-26-7-5-6-8-26/h2-4,9-12,14-15,25-26,30-36,39-52,58-62,66-67,70,75-77,80-89H,5-8,13,16-24,63-64H2,1H3,(H,65,90)(H,68,92)(H,69,93)(H,71,78)(H,72,91)(H,73,94)/t25-,30+,31-,32-,33-,34+,35+,36+,39-,40-,41+,42-,43-,44+,45+,46-,47-,48+,49-,50-,51-,52+,58-,59-,60+,61?,62?/m0/s1. The Bertz CT molecular complexity index is 3060. The molecule has 6 heterocycles. The molecule has 0 radical (unpaired) electrons. The first kappa shape index (κ1) is 77.8. The van der Waals surface area contributed by atoms with Crippen LogP contribution in [0.15, 0.2) is 54.6 Å². The molecule has 100 heavy (non-hydrogen) atoms. The van der Waals surface area contributed by atoms with Crippen molar-refractivity contribution in [1.82, 2.24) is 52.8 Å². The third-order valence-electron chi connectivity index (χ3n) is 19.3. The van der Waals surface area contributed by atoms with Gasteiger partial charge in [-0.2, -0.15) is 0 Å². The molecule has 38 nitrogen and oxygen atoms in total. The van der Waals surface area contributed by atoms with E-state index in [1.807, 2.05) is 0 Å². The highest BCUT2D eigenvalue weighted by molar-refractivity contribution is 5.98. The number of carbonyl (C=O) groups excluding carboxylic acids is 7. The highest BCUT2D eigenvalue weighted by atomic mass is 16.7. The third-order valence-corrected chi connectivity index (χ3v) is 19.3. The number of ether oxygens (including phenoxy) is 6. The molecular weight excluding hydrogens is 1330 g/mol. The monoisotopic (exact) mass is 1420 g/mol. The number of amides is 6. The average Bonchev–Trinajstić information content (AvgIpc) is 1.44. The van der Waals surface area contributed by atoms with Gasteiger partial charge in [-0.05, 0) is 35.6 Å². The lowest BCUT2D eigenvalue weighted by molar-refractivity contribution is -0.352. The molecule has 38 heteroatoms. The van der Waals surface area contributed by atoms with Crippen LogP contribution >= 0.6 is 0 Å². The molecule has 7 fully saturated rings. The van der Waals surface area contributed by atoms with Crippen LogP contribution in [-0.2, 0) is 63.7 Å². The molecule has 1 aliphatic carbocycles. The number of rotatable bonds is 21. The molecule has 27 atom stereocenters. The van der Waals surface area contributed by atoms with Gasteiger partial charge in [-0.15, -0.1) is 0 Å². The normalized spacial score (nSPS) is 38.0. The maximum atomic E-state index is 15.4. The molecule has 558 valence electrons. The second kappa shape index (κ2) is 35.2. The minimum atomic E-state index is -2.34. The van der Waals surface area contributed by atoms with Gasteiger partial charge in [-0.1, -0.05) is 75.1 Å². The van der Waals surface area contributed by atoms with Crippen LogP contribution in [0.4, 0.5) is 0 Å². The Morgan fingerprint density at radius 1 is 0.620 bits per heavy atom. The molecule has 26 N–H and O–H groups in total. The van der Waals surface area contributed by atoms with Gasteiger partial charge in [0.1, 0.15) is 141 Å². The summed E-state index contributed by atoms with van der Waals surface area (Å²) in [6.07, 6.45) is -29.8. The predicted octanol–water partition coefficient (Wildman–Crippen LogP) is -12.1. The number of nitrogens with two attached hydrogens (primary N) is 2. The summed E-state index contributed by atoms with van der Waals surface area (Å²) in [7, 11) is 0. The Labute approximate surface area is 572 Å². The lowest BCUT2D eigenvalue weighted by Crippen LogP contribution is -2.70. The van der Waals surface area contributed by atoms with E-state index in [4.69, 9.17) is 39.9 Å². The molecular formula is C62H94N12O26. The molecule has 9 rings (SSSR count). The Morgan fingerprint density at radius 3 is 1.86 bits per heavy atom. The van der Waals surface area contributed by atoms with Gasteiger partial charge in [0, 0.05) is 31.8 Å². The lowest BCUT2D eigenvalue weighted by Gasteiger charge is -2.47. The smallest absolute Gasteiger partial charge is 0.305 e. The highest BCUT2D eigenvalue weighted by Gasteiger charge is 2.55. The van der Waals surface area contributed by atoms with E-state index >= 15 is 19.2 Å². The number of hydrogen-bond acceptors (Lipinski definition) is 32. The van der Waals surface area contributed by atoms with E-state index in [0.717, 1.165) is 30.6 Å². The lowest BCUT2D eigenvalue weighted by atomic mass is 9.92. The third kappa shape index (κ3) is 18.5. The van der Waals surface area contributed by atoms with Crippen LogP contribution in [0.1, 0.15) is 62.5 Å². The number of hydrogen-bond donors (Lipinski definition) is 24. The zero-order valence-electron chi connectivity index (χ0n) is 54.5. The van der Waals surface area contributed by atoms with E-state index in [-0.39, 0.29) is 30.2 Å². The quantitative estimate of drug-likeness (QED) is 0.0516. The summed E-state index contributed by atoms with van der Waals surface area (Å²) < 4.78 is 34.1. The molecule has 7 aliphatic rings. The minimum Gasteiger partial charge on any atom is -0.463 e. The van der Waals surface area contributed by atoms with E-state index < -0.39 is 252 Å². The summed E-state index contributed by atoms with van der Waals surface area (Å²) in [4.78, 5) is 104. The SMILES string of the molecule is C[C@@H](c1ccccc1)[C@@H]1NC(=O)CNC(=O)[C@H](COC(=O)CCC2CCCC2)NC(=O)[C@@H]([C@@H](O)[C@@H]2CNC(N)N2[C@H]2O[C@H](CO)[C@@H](O)[C@H](O)[C@@H]2O)NC(=O)[C@H]([C@@H](O)[C@@H]2CNC(N)N2)NC(=O)[C@@H](Cc2ccc(O[C@H]3O[C@H](CO)[C@@H](O[C@H]4O[C@H](CO)[C@@H](O)[C@H](O)[C@@H]4O)[C@H](O)[C@@H]3O)cc2)NC1=O. The zero-order valence-corrected chi connectivity index (χ0v) is 54.5. The first-order valence-electron chi connectivity index (χ1n) is 33.2. The van der Waals surface area contributed by atoms with E-state index in [1.165, 1.54) is 24.3 Å².